The highest BCUT2D eigenvalue weighted by molar-refractivity contribution is 5.56. The van der Waals surface area contributed by atoms with Crippen molar-refractivity contribution in [3.63, 3.8) is 0 Å². The van der Waals surface area contributed by atoms with Gasteiger partial charge in [-0.05, 0) is 91.4 Å². The third kappa shape index (κ3) is 3.38. The predicted molar refractivity (Wildman–Crippen MR) is 119 cm³/mol. The summed E-state index contributed by atoms with van der Waals surface area (Å²) in [7, 11) is 0. The van der Waals surface area contributed by atoms with Crippen molar-refractivity contribution in [1.82, 2.24) is 0 Å². The average Bonchev–Trinajstić information content (AvgIpc) is 2.99. The first-order chi connectivity index (χ1) is 15.0. The highest BCUT2D eigenvalue weighted by Gasteiger charge is 2.59. The van der Waals surface area contributed by atoms with Gasteiger partial charge >= 0.3 is 6.18 Å². The molecule has 2 N–H and O–H groups in total. The molecule has 0 aliphatic heterocycles. The minimum absolute atomic E-state index is 0.147. The number of halogens is 3. The fourth-order valence-corrected chi connectivity index (χ4v) is 7.62. The van der Waals surface area contributed by atoms with E-state index in [-0.39, 0.29) is 16.9 Å². The number of allylic oxidation sites excluding steroid dienone is 1. The molecule has 0 radical (unpaired) electrons. The lowest BCUT2D eigenvalue weighted by Gasteiger charge is -2.57. The maximum absolute atomic E-state index is 12.9. The molecule has 0 heterocycles. The van der Waals surface area contributed by atoms with E-state index in [0.717, 1.165) is 62.7 Å². The van der Waals surface area contributed by atoms with Crippen molar-refractivity contribution in [3.05, 3.63) is 52.6 Å². The molecule has 5 unspecified atom stereocenters. The van der Waals surface area contributed by atoms with Gasteiger partial charge in [0.15, 0.2) is 0 Å². The van der Waals surface area contributed by atoms with Crippen LogP contribution in [0.3, 0.4) is 0 Å². The second-order valence-corrected chi connectivity index (χ2v) is 11.1. The minimum atomic E-state index is -4.34. The number of rotatable bonds is 1. The van der Waals surface area contributed by atoms with Crippen molar-refractivity contribution in [3.8, 4) is 0 Å². The first-order valence-electron chi connectivity index (χ1n) is 12.0. The molecule has 32 heavy (non-hydrogen) atoms. The summed E-state index contributed by atoms with van der Waals surface area (Å²) in [4.78, 5) is 0. The van der Waals surface area contributed by atoms with Crippen LogP contribution in [0, 0.1) is 28.6 Å². The summed E-state index contributed by atoms with van der Waals surface area (Å²) in [5.41, 5.74) is 2.41. The van der Waals surface area contributed by atoms with Crippen molar-refractivity contribution in [2.45, 2.75) is 77.2 Å². The smallest absolute Gasteiger partial charge is 0.393 e. The molecule has 1 aromatic carbocycles. The van der Waals surface area contributed by atoms with Crippen LogP contribution in [0.2, 0.25) is 0 Å². The maximum atomic E-state index is 12.9. The highest BCUT2D eigenvalue weighted by Crippen LogP contribution is 2.65. The zero-order valence-corrected chi connectivity index (χ0v) is 18.8. The quantitative estimate of drug-likeness (QED) is 0.491. The fraction of sp³-hybridized carbons (Fsp3) is 0.630. The average molecular weight is 447 g/mol. The number of aliphatic hydroxyl groups excluding tert-OH is 2. The van der Waals surface area contributed by atoms with Gasteiger partial charge in [-0.25, -0.2) is 0 Å². The predicted octanol–water partition coefficient (Wildman–Crippen LogP) is 6.38. The Labute approximate surface area is 188 Å². The number of hydrogen-bond donors (Lipinski definition) is 2. The standard InChI is InChI=1S/C27H33F3O2/c1-25-11-9-20(31)15-19(25)7-8-21-22(25)10-12-26(2)23(21)14-17(24(26)32)13-16-3-5-18(6-4-16)27(28,29)30/h3-7,13,20-24,31-32H,8-12,14-15H2,1-2H3/b17-13+/t20?,21?,22?,23?,24?,25-,26-/m0/s1. The summed E-state index contributed by atoms with van der Waals surface area (Å²) in [6.45, 7) is 4.59. The molecular formula is C27H33F3O2. The molecule has 0 aromatic heterocycles. The normalized spacial score (nSPS) is 42.8. The van der Waals surface area contributed by atoms with Crippen LogP contribution in [0.5, 0.6) is 0 Å². The van der Waals surface area contributed by atoms with Gasteiger partial charge in [0.1, 0.15) is 0 Å². The fourth-order valence-electron chi connectivity index (χ4n) is 7.62. The van der Waals surface area contributed by atoms with Crippen LogP contribution in [0.1, 0.15) is 69.9 Å². The highest BCUT2D eigenvalue weighted by atomic mass is 19.4. The van der Waals surface area contributed by atoms with Crippen molar-refractivity contribution in [2.75, 3.05) is 0 Å². The molecule has 4 aliphatic carbocycles. The molecule has 0 spiro atoms. The molecule has 0 bridgehead atoms. The van der Waals surface area contributed by atoms with E-state index in [1.54, 1.807) is 0 Å². The zero-order valence-electron chi connectivity index (χ0n) is 18.8. The minimum Gasteiger partial charge on any atom is -0.393 e. The Bertz CT molecular complexity index is 947. The molecule has 174 valence electrons. The third-order valence-electron chi connectivity index (χ3n) is 9.54. The lowest BCUT2D eigenvalue weighted by atomic mass is 9.48. The molecule has 2 nitrogen and oxygen atoms in total. The van der Waals surface area contributed by atoms with Crippen LogP contribution in [-0.2, 0) is 6.18 Å². The molecule has 4 aliphatic rings. The third-order valence-corrected chi connectivity index (χ3v) is 9.54. The first-order valence-corrected chi connectivity index (χ1v) is 12.0. The lowest BCUT2D eigenvalue weighted by Crippen LogP contribution is -2.51. The molecule has 0 saturated heterocycles. The van der Waals surface area contributed by atoms with Gasteiger partial charge in [0.25, 0.3) is 0 Å². The molecule has 0 amide bonds. The molecule has 7 atom stereocenters. The van der Waals surface area contributed by atoms with E-state index in [0.29, 0.717) is 23.3 Å². The summed E-state index contributed by atoms with van der Waals surface area (Å²) in [6, 6.07) is 5.23. The Morgan fingerprint density at radius 2 is 1.69 bits per heavy atom. The van der Waals surface area contributed by atoms with Gasteiger partial charge in [0, 0.05) is 5.41 Å². The van der Waals surface area contributed by atoms with Crippen molar-refractivity contribution in [2.24, 2.45) is 28.6 Å². The van der Waals surface area contributed by atoms with E-state index in [9.17, 15) is 23.4 Å². The summed E-state index contributed by atoms with van der Waals surface area (Å²) in [6.07, 6.45) is 5.73. The van der Waals surface area contributed by atoms with Crippen molar-refractivity contribution in [1.29, 1.82) is 0 Å². The topological polar surface area (TPSA) is 40.5 Å². The Hall–Kier alpha value is -1.59. The van der Waals surface area contributed by atoms with Gasteiger partial charge in [0.2, 0.25) is 0 Å². The zero-order chi connectivity index (χ0) is 22.9. The summed E-state index contributed by atoms with van der Waals surface area (Å²) in [5, 5.41) is 21.5. The molecule has 5 heteroatoms. The Morgan fingerprint density at radius 3 is 2.38 bits per heavy atom. The van der Waals surface area contributed by atoms with Crippen molar-refractivity contribution >= 4 is 6.08 Å². The van der Waals surface area contributed by atoms with Gasteiger partial charge in [-0.1, -0.05) is 43.7 Å². The molecule has 1 aromatic rings. The van der Waals surface area contributed by atoms with Gasteiger partial charge in [-0.3, -0.25) is 0 Å². The van der Waals surface area contributed by atoms with Gasteiger partial charge in [-0.15, -0.1) is 0 Å². The van der Waals surface area contributed by atoms with Gasteiger partial charge in [0.05, 0.1) is 17.8 Å². The lowest BCUT2D eigenvalue weighted by molar-refractivity contribution is -0.137. The number of benzene rings is 1. The van der Waals surface area contributed by atoms with Crippen molar-refractivity contribution < 1.29 is 23.4 Å². The van der Waals surface area contributed by atoms with E-state index < -0.39 is 17.8 Å². The van der Waals surface area contributed by atoms with Crippen LogP contribution in [-0.4, -0.2) is 22.4 Å². The van der Waals surface area contributed by atoms with E-state index in [1.165, 1.54) is 17.7 Å². The van der Waals surface area contributed by atoms with Crippen LogP contribution in [0.15, 0.2) is 41.5 Å². The summed E-state index contributed by atoms with van der Waals surface area (Å²) < 4.78 is 38.7. The van der Waals surface area contributed by atoms with Crippen LogP contribution < -0.4 is 0 Å². The first kappa shape index (κ1) is 22.2. The number of aliphatic hydroxyl groups is 2. The second kappa shape index (κ2) is 7.46. The number of hydrogen-bond acceptors (Lipinski definition) is 2. The Kier molecular flexibility index (Phi) is 5.18. The maximum Gasteiger partial charge on any atom is 0.416 e. The van der Waals surface area contributed by atoms with E-state index in [4.69, 9.17) is 0 Å². The SMILES string of the molecule is C[C@]12CCC3C(CC=C4CC(O)CC[C@@]43C)C1C/C(=C\c1ccc(C(F)(F)F)cc1)C2O. The number of fused-ring (bicyclic) bond motifs is 5. The van der Waals surface area contributed by atoms with Crippen LogP contribution >= 0.6 is 0 Å². The summed E-state index contributed by atoms with van der Waals surface area (Å²) >= 11 is 0. The molecule has 3 saturated carbocycles. The van der Waals surface area contributed by atoms with Gasteiger partial charge in [-0.2, -0.15) is 13.2 Å². The summed E-state index contributed by atoms with van der Waals surface area (Å²) in [5.74, 6) is 1.45. The van der Waals surface area contributed by atoms with Crippen LogP contribution in [0.25, 0.3) is 6.08 Å². The monoisotopic (exact) mass is 446 g/mol. The van der Waals surface area contributed by atoms with Gasteiger partial charge < -0.3 is 10.2 Å². The largest absolute Gasteiger partial charge is 0.416 e. The molecule has 5 rings (SSSR count). The van der Waals surface area contributed by atoms with Crippen LogP contribution in [0.4, 0.5) is 13.2 Å². The molecular weight excluding hydrogens is 413 g/mol. The Morgan fingerprint density at radius 1 is 0.969 bits per heavy atom. The van der Waals surface area contributed by atoms with E-state index in [1.807, 2.05) is 6.08 Å². The number of alkyl halides is 3. The van der Waals surface area contributed by atoms with E-state index in [2.05, 4.69) is 19.9 Å². The molecule has 3 fully saturated rings. The van der Waals surface area contributed by atoms with E-state index >= 15 is 0 Å². The Balaban J connectivity index is 1.42. The second-order valence-electron chi connectivity index (χ2n) is 11.1.